The summed E-state index contributed by atoms with van der Waals surface area (Å²) in [4.78, 5) is 4.04. The van der Waals surface area contributed by atoms with E-state index in [1.165, 1.54) is 0 Å². The van der Waals surface area contributed by atoms with Gasteiger partial charge >= 0.3 is 0 Å². The molecule has 2 heterocycles. The number of benzene rings is 1. The molecule has 0 radical (unpaired) electrons. The van der Waals surface area contributed by atoms with Crippen LogP contribution in [0.2, 0.25) is 0 Å². The largest absolute Gasteiger partial charge is 0.356 e. The van der Waals surface area contributed by atoms with Crippen LogP contribution in [0.1, 0.15) is 0 Å². The zero-order chi connectivity index (χ0) is 18.3. The smallest absolute Gasteiger partial charge is 0.108 e. The Morgan fingerprint density at radius 3 is 2.59 bits per heavy atom. The van der Waals surface area contributed by atoms with Crippen LogP contribution in [0.4, 0.5) is 11.4 Å². The van der Waals surface area contributed by atoms with Crippen LogP contribution in [-0.2, 0) is 0 Å². The molecule has 27 heavy (non-hydrogen) atoms. The first-order valence-corrected chi connectivity index (χ1v) is 8.75. The van der Waals surface area contributed by atoms with E-state index in [0.717, 1.165) is 22.8 Å². The van der Waals surface area contributed by atoms with Crippen LogP contribution >= 0.6 is 0 Å². The van der Waals surface area contributed by atoms with Gasteiger partial charge in [-0.05, 0) is 60.7 Å². The second-order valence-corrected chi connectivity index (χ2v) is 6.05. The first kappa shape index (κ1) is 16.7. The van der Waals surface area contributed by atoms with Gasteiger partial charge in [-0.2, -0.15) is 10.2 Å². The minimum atomic E-state index is -0.100. The van der Waals surface area contributed by atoms with E-state index < -0.39 is 0 Å². The SMILES string of the molecule is C1=CC(N=Nc2cccnc2)C=CC(Nc2ccc(-n3cccc3)cc2)=C1. The quantitative estimate of drug-likeness (QED) is 0.620. The third-order valence-electron chi connectivity index (χ3n) is 4.07. The highest BCUT2D eigenvalue weighted by molar-refractivity contribution is 5.55. The molecule has 4 rings (SSSR count). The monoisotopic (exact) mass is 353 g/mol. The second kappa shape index (κ2) is 8.10. The fraction of sp³-hybridized carbons (Fsp3) is 0.0455. The van der Waals surface area contributed by atoms with Gasteiger partial charge < -0.3 is 9.88 Å². The Kier molecular flexibility index (Phi) is 5.02. The number of aromatic nitrogens is 2. The van der Waals surface area contributed by atoms with Crippen LogP contribution in [0.5, 0.6) is 0 Å². The molecule has 5 heteroatoms. The number of rotatable bonds is 5. The van der Waals surface area contributed by atoms with Gasteiger partial charge in [0.1, 0.15) is 11.7 Å². The molecule has 1 aromatic carbocycles. The number of azo groups is 1. The molecular formula is C22H19N5. The van der Waals surface area contributed by atoms with Crippen molar-refractivity contribution in [2.24, 2.45) is 10.2 Å². The maximum Gasteiger partial charge on any atom is 0.108 e. The van der Waals surface area contributed by atoms with E-state index in [2.05, 4.69) is 49.4 Å². The van der Waals surface area contributed by atoms with Crippen molar-refractivity contribution < 1.29 is 0 Å². The molecule has 1 unspecified atom stereocenters. The molecule has 1 aliphatic carbocycles. The summed E-state index contributed by atoms with van der Waals surface area (Å²) in [6, 6.07) is 16.0. The number of nitrogens with zero attached hydrogens (tertiary/aromatic N) is 4. The van der Waals surface area contributed by atoms with Gasteiger partial charge in [0.25, 0.3) is 0 Å². The minimum absolute atomic E-state index is 0.100. The molecule has 1 atom stereocenters. The van der Waals surface area contributed by atoms with E-state index in [4.69, 9.17) is 0 Å². The van der Waals surface area contributed by atoms with Crippen LogP contribution < -0.4 is 5.32 Å². The fourth-order valence-corrected chi connectivity index (χ4v) is 2.69. The lowest BCUT2D eigenvalue weighted by Gasteiger charge is -2.08. The molecule has 0 aliphatic heterocycles. The molecule has 1 aliphatic rings. The number of hydrogen-bond donors (Lipinski definition) is 1. The fourth-order valence-electron chi connectivity index (χ4n) is 2.69. The Morgan fingerprint density at radius 1 is 0.963 bits per heavy atom. The summed E-state index contributed by atoms with van der Waals surface area (Å²) in [5.74, 6) is 0. The van der Waals surface area contributed by atoms with E-state index in [-0.39, 0.29) is 6.04 Å². The molecule has 132 valence electrons. The standard InChI is InChI=1S/C22H19N5/c1-2-16-27(15-1)22-12-10-19(11-13-22)24-18-5-3-6-20(9-8-18)25-26-21-7-4-14-23-17-21/h1-17,20,24H. The molecule has 0 amide bonds. The third-order valence-corrected chi connectivity index (χ3v) is 4.07. The van der Waals surface area contributed by atoms with Crippen LogP contribution in [0, 0.1) is 0 Å². The molecule has 1 N–H and O–H groups in total. The van der Waals surface area contributed by atoms with Gasteiger partial charge in [0, 0.05) is 35.7 Å². The molecule has 0 saturated carbocycles. The van der Waals surface area contributed by atoms with Gasteiger partial charge in [-0.1, -0.05) is 18.2 Å². The summed E-state index contributed by atoms with van der Waals surface area (Å²) in [7, 11) is 0. The summed E-state index contributed by atoms with van der Waals surface area (Å²) < 4.78 is 2.08. The Balaban J connectivity index is 1.40. The van der Waals surface area contributed by atoms with Crippen molar-refractivity contribution in [3.63, 3.8) is 0 Å². The Hall–Kier alpha value is -3.73. The zero-order valence-corrected chi connectivity index (χ0v) is 14.7. The summed E-state index contributed by atoms with van der Waals surface area (Å²) in [6.45, 7) is 0. The summed E-state index contributed by atoms with van der Waals surface area (Å²) >= 11 is 0. The van der Waals surface area contributed by atoms with Gasteiger partial charge in [-0.15, -0.1) is 0 Å². The van der Waals surface area contributed by atoms with Crippen molar-refractivity contribution in [3.05, 3.63) is 109 Å². The maximum absolute atomic E-state index is 4.34. The number of allylic oxidation sites excluding steroid dienone is 3. The normalized spacial score (nSPS) is 16.3. The lowest BCUT2D eigenvalue weighted by atomic mass is 10.2. The average molecular weight is 353 g/mol. The Morgan fingerprint density at radius 2 is 1.81 bits per heavy atom. The van der Waals surface area contributed by atoms with Gasteiger partial charge in [-0.25, -0.2) is 0 Å². The van der Waals surface area contributed by atoms with Crippen molar-refractivity contribution in [2.75, 3.05) is 5.32 Å². The van der Waals surface area contributed by atoms with Crippen molar-refractivity contribution >= 4 is 11.4 Å². The number of pyridine rings is 1. The molecule has 0 fully saturated rings. The molecule has 0 saturated heterocycles. The topological polar surface area (TPSA) is 54.6 Å². The van der Waals surface area contributed by atoms with Crippen LogP contribution in [0.15, 0.2) is 120 Å². The van der Waals surface area contributed by atoms with Gasteiger partial charge in [0.05, 0.1) is 6.20 Å². The van der Waals surface area contributed by atoms with Gasteiger partial charge in [0.2, 0.25) is 0 Å². The van der Waals surface area contributed by atoms with Crippen LogP contribution in [-0.4, -0.2) is 15.6 Å². The molecule has 3 aromatic rings. The molecular weight excluding hydrogens is 334 g/mol. The highest BCUT2D eigenvalue weighted by Gasteiger charge is 2.03. The predicted octanol–water partition coefficient (Wildman–Crippen LogP) is 5.45. The van der Waals surface area contributed by atoms with Gasteiger partial charge in [0.15, 0.2) is 0 Å². The van der Waals surface area contributed by atoms with E-state index in [1.807, 2.05) is 67.0 Å². The van der Waals surface area contributed by atoms with E-state index >= 15 is 0 Å². The lowest BCUT2D eigenvalue weighted by molar-refractivity contribution is 0.927. The Labute approximate surface area is 158 Å². The zero-order valence-electron chi connectivity index (χ0n) is 14.7. The van der Waals surface area contributed by atoms with Crippen molar-refractivity contribution in [1.29, 1.82) is 0 Å². The number of anilines is 1. The second-order valence-electron chi connectivity index (χ2n) is 6.05. The van der Waals surface area contributed by atoms with E-state index in [9.17, 15) is 0 Å². The summed E-state index contributed by atoms with van der Waals surface area (Å²) in [5.41, 5.74) is 3.91. The minimum Gasteiger partial charge on any atom is -0.356 e. The highest BCUT2D eigenvalue weighted by atomic mass is 15.1. The maximum atomic E-state index is 4.34. The van der Waals surface area contributed by atoms with E-state index in [1.54, 1.807) is 12.4 Å². The molecule has 5 nitrogen and oxygen atoms in total. The first-order chi connectivity index (χ1) is 13.4. The highest BCUT2D eigenvalue weighted by Crippen LogP contribution is 2.18. The third kappa shape index (κ3) is 4.46. The van der Waals surface area contributed by atoms with Crippen LogP contribution in [0.3, 0.4) is 0 Å². The van der Waals surface area contributed by atoms with Crippen molar-refractivity contribution in [3.8, 4) is 5.69 Å². The predicted molar refractivity (Wildman–Crippen MR) is 108 cm³/mol. The van der Waals surface area contributed by atoms with E-state index in [0.29, 0.717) is 0 Å². The molecule has 0 spiro atoms. The lowest BCUT2D eigenvalue weighted by Crippen LogP contribution is -1.98. The molecule has 0 bridgehead atoms. The molecule has 2 aromatic heterocycles. The average Bonchev–Trinajstić information content (AvgIpc) is 3.16. The number of nitrogens with one attached hydrogen (secondary N) is 1. The van der Waals surface area contributed by atoms with Crippen molar-refractivity contribution in [2.45, 2.75) is 6.04 Å². The number of hydrogen-bond acceptors (Lipinski definition) is 4. The van der Waals surface area contributed by atoms with Gasteiger partial charge in [-0.3, -0.25) is 4.98 Å². The van der Waals surface area contributed by atoms with Crippen LogP contribution in [0.25, 0.3) is 5.69 Å². The van der Waals surface area contributed by atoms with Crippen molar-refractivity contribution in [1.82, 2.24) is 9.55 Å². The summed E-state index contributed by atoms with van der Waals surface area (Å²) in [5, 5.41) is 12.0. The Bertz CT molecular complexity index is 981. The first-order valence-electron chi connectivity index (χ1n) is 8.75. The summed E-state index contributed by atoms with van der Waals surface area (Å²) in [6.07, 6.45) is 17.5.